The molecule has 0 spiro atoms. The quantitative estimate of drug-likeness (QED) is 0.473. The van der Waals surface area contributed by atoms with Crippen molar-refractivity contribution in [3.8, 4) is 0 Å². The van der Waals surface area contributed by atoms with Gasteiger partial charge >= 0.3 is 0 Å². The molecule has 1 atom stereocenters. The number of benzene rings is 2. The number of hydrogen-bond acceptors (Lipinski definition) is 4. The number of ether oxygens (including phenoxy) is 1. The average molecular weight is 393 g/mol. The van der Waals surface area contributed by atoms with Gasteiger partial charge < -0.3 is 14.7 Å². The van der Waals surface area contributed by atoms with E-state index in [4.69, 9.17) is 4.74 Å². The van der Waals surface area contributed by atoms with E-state index < -0.39 is 17.7 Å². The molecule has 1 N–H and O–H groups in total. The van der Waals surface area contributed by atoms with Gasteiger partial charge in [-0.1, -0.05) is 75.4 Å². The number of carbonyl (C=O) groups is 2. The van der Waals surface area contributed by atoms with Crippen LogP contribution >= 0.6 is 0 Å². The van der Waals surface area contributed by atoms with E-state index >= 15 is 0 Å². The summed E-state index contributed by atoms with van der Waals surface area (Å²) in [6.07, 6.45) is 0. The molecule has 2 aromatic rings. The van der Waals surface area contributed by atoms with Crippen molar-refractivity contribution in [3.63, 3.8) is 0 Å². The number of nitrogens with zero attached hydrogens (tertiary/aromatic N) is 1. The maximum Gasteiger partial charge on any atom is 0.295 e. The molecule has 0 saturated carbocycles. The van der Waals surface area contributed by atoms with Crippen LogP contribution in [-0.2, 0) is 19.7 Å². The molecule has 1 amide bonds. The highest BCUT2D eigenvalue weighted by Gasteiger charge is 2.45. The van der Waals surface area contributed by atoms with Crippen molar-refractivity contribution in [2.24, 2.45) is 0 Å². The van der Waals surface area contributed by atoms with Gasteiger partial charge in [0.2, 0.25) is 0 Å². The summed E-state index contributed by atoms with van der Waals surface area (Å²) in [5.74, 6) is -1.45. The molecule has 0 unspecified atom stereocenters. The topological polar surface area (TPSA) is 66.8 Å². The Morgan fingerprint density at radius 2 is 1.66 bits per heavy atom. The highest BCUT2D eigenvalue weighted by atomic mass is 16.5. The number of aliphatic hydroxyl groups excluding tert-OH is 1. The smallest absolute Gasteiger partial charge is 0.295 e. The summed E-state index contributed by atoms with van der Waals surface area (Å²) in [7, 11) is 1.55. The zero-order valence-corrected chi connectivity index (χ0v) is 17.3. The SMILES string of the molecule is COCCN1C(=O)C(=O)/C(=C(/O)c2ccccc2)[C@H]1c1ccc(C(C)(C)C)cc1. The maximum absolute atomic E-state index is 12.9. The normalized spacial score (nSPS) is 19.0. The van der Waals surface area contributed by atoms with Crippen LogP contribution in [0.15, 0.2) is 60.2 Å². The summed E-state index contributed by atoms with van der Waals surface area (Å²) in [5, 5.41) is 10.9. The van der Waals surface area contributed by atoms with Crippen LogP contribution in [-0.4, -0.2) is 42.0 Å². The fraction of sp³-hybridized carbons (Fsp3) is 0.333. The number of amides is 1. The van der Waals surface area contributed by atoms with Crippen LogP contribution in [0.4, 0.5) is 0 Å². The van der Waals surface area contributed by atoms with Crippen molar-refractivity contribution < 1.29 is 19.4 Å². The van der Waals surface area contributed by atoms with Crippen molar-refractivity contribution in [1.29, 1.82) is 0 Å². The lowest BCUT2D eigenvalue weighted by Gasteiger charge is -2.26. The maximum atomic E-state index is 12.9. The van der Waals surface area contributed by atoms with Gasteiger partial charge in [0, 0.05) is 19.2 Å². The number of likely N-dealkylation sites (tertiary alicyclic amines) is 1. The van der Waals surface area contributed by atoms with Crippen LogP contribution in [0.25, 0.3) is 5.76 Å². The molecule has 1 heterocycles. The van der Waals surface area contributed by atoms with Gasteiger partial charge in [0.25, 0.3) is 11.7 Å². The monoisotopic (exact) mass is 393 g/mol. The first-order valence-electron chi connectivity index (χ1n) is 9.69. The summed E-state index contributed by atoms with van der Waals surface area (Å²) in [4.78, 5) is 27.1. The number of ketones is 1. The van der Waals surface area contributed by atoms with Gasteiger partial charge in [-0.3, -0.25) is 9.59 Å². The number of rotatable bonds is 5. The summed E-state index contributed by atoms with van der Waals surface area (Å²) < 4.78 is 5.13. The molecule has 0 radical (unpaired) electrons. The lowest BCUT2D eigenvalue weighted by molar-refractivity contribution is -0.140. The Bertz CT molecular complexity index is 924. The van der Waals surface area contributed by atoms with Crippen LogP contribution in [0.2, 0.25) is 0 Å². The van der Waals surface area contributed by atoms with E-state index in [0.717, 1.165) is 11.1 Å². The highest BCUT2D eigenvalue weighted by Crippen LogP contribution is 2.39. The third kappa shape index (κ3) is 4.10. The largest absolute Gasteiger partial charge is 0.507 e. The Labute approximate surface area is 171 Å². The molecule has 5 nitrogen and oxygen atoms in total. The van der Waals surface area contributed by atoms with Crippen molar-refractivity contribution in [2.45, 2.75) is 32.2 Å². The zero-order chi connectivity index (χ0) is 21.2. The van der Waals surface area contributed by atoms with Crippen LogP contribution in [0, 0.1) is 0 Å². The third-order valence-electron chi connectivity index (χ3n) is 5.22. The summed E-state index contributed by atoms with van der Waals surface area (Å²) in [6, 6.07) is 16.0. The zero-order valence-electron chi connectivity index (χ0n) is 17.3. The van der Waals surface area contributed by atoms with Crippen LogP contribution in [0.3, 0.4) is 0 Å². The number of carbonyl (C=O) groups excluding carboxylic acids is 2. The Morgan fingerprint density at radius 1 is 1.03 bits per heavy atom. The number of aliphatic hydroxyl groups is 1. The fourth-order valence-corrected chi connectivity index (χ4v) is 3.56. The predicted octanol–water partition coefficient (Wildman–Crippen LogP) is 4.05. The lowest BCUT2D eigenvalue weighted by Crippen LogP contribution is -2.32. The molecule has 152 valence electrons. The molecule has 29 heavy (non-hydrogen) atoms. The molecule has 1 saturated heterocycles. The molecule has 3 rings (SSSR count). The Hall–Kier alpha value is -2.92. The molecular formula is C24H27NO4. The second kappa shape index (κ2) is 8.21. The molecular weight excluding hydrogens is 366 g/mol. The third-order valence-corrected chi connectivity index (χ3v) is 5.22. The molecule has 1 fully saturated rings. The first-order valence-corrected chi connectivity index (χ1v) is 9.69. The van der Waals surface area contributed by atoms with Gasteiger partial charge in [-0.05, 0) is 16.5 Å². The number of methoxy groups -OCH3 is 1. The van der Waals surface area contributed by atoms with Crippen molar-refractivity contribution in [1.82, 2.24) is 4.90 Å². The minimum atomic E-state index is -0.674. The van der Waals surface area contributed by atoms with Crippen molar-refractivity contribution in [2.75, 3.05) is 20.3 Å². The Morgan fingerprint density at radius 3 is 2.21 bits per heavy atom. The van der Waals surface area contributed by atoms with Crippen LogP contribution < -0.4 is 0 Å². The van der Waals surface area contributed by atoms with Gasteiger partial charge in [-0.15, -0.1) is 0 Å². The number of Topliss-reactive ketones (excluding diaryl/α,β-unsaturated/α-hetero) is 1. The number of hydrogen-bond donors (Lipinski definition) is 1. The average Bonchev–Trinajstić information content (AvgIpc) is 2.96. The van der Waals surface area contributed by atoms with E-state index in [1.807, 2.05) is 30.3 Å². The molecule has 5 heteroatoms. The van der Waals surface area contributed by atoms with E-state index in [0.29, 0.717) is 12.2 Å². The summed E-state index contributed by atoms with van der Waals surface area (Å²) >= 11 is 0. The van der Waals surface area contributed by atoms with E-state index in [9.17, 15) is 14.7 Å². The van der Waals surface area contributed by atoms with Crippen molar-refractivity contribution >= 4 is 17.4 Å². The molecule has 1 aliphatic heterocycles. The fourth-order valence-electron chi connectivity index (χ4n) is 3.56. The van der Waals surface area contributed by atoms with Crippen LogP contribution in [0.5, 0.6) is 0 Å². The molecule has 0 bridgehead atoms. The molecule has 0 aliphatic carbocycles. The van der Waals surface area contributed by atoms with Crippen LogP contribution in [0.1, 0.15) is 43.5 Å². The van der Waals surface area contributed by atoms with Gasteiger partial charge in [0.05, 0.1) is 18.2 Å². The lowest BCUT2D eigenvalue weighted by atomic mass is 9.85. The Balaban J connectivity index is 2.13. The second-order valence-electron chi connectivity index (χ2n) is 8.22. The van der Waals surface area contributed by atoms with Gasteiger partial charge in [-0.25, -0.2) is 0 Å². The highest BCUT2D eigenvalue weighted by molar-refractivity contribution is 6.46. The molecule has 2 aromatic carbocycles. The van der Waals surface area contributed by atoms with E-state index in [1.54, 1.807) is 31.4 Å². The predicted molar refractivity (Wildman–Crippen MR) is 112 cm³/mol. The minimum absolute atomic E-state index is 0.0135. The van der Waals surface area contributed by atoms with E-state index in [2.05, 4.69) is 20.8 Å². The second-order valence-corrected chi connectivity index (χ2v) is 8.22. The standard InChI is InChI=1S/C24H27NO4/c1-24(2,3)18-12-10-16(11-13-18)20-19(21(26)17-8-6-5-7-9-17)22(27)23(28)25(20)14-15-29-4/h5-13,20,26H,14-15H2,1-4H3/b21-19+/t20-/m1/s1. The minimum Gasteiger partial charge on any atom is -0.507 e. The first kappa shape index (κ1) is 20.8. The molecule has 1 aliphatic rings. The van der Waals surface area contributed by atoms with E-state index in [-0.39, 0.29) is 23.3 Å². The van der Waals surface area contributed by atoms with E-state index in [1.165, 1.54) is 4.90 Å². The summed E-state index contributed by atoms with van der Waals surface area (Å²) in [6.45, 7) is 6.94. The van der Waals surface area contributed by atoms with Crippen molar-refractivity contribution in [3.05, 3.63) is 76.9 Å². The first-order chi connectivity index (χ1) is 13.8. The molecule has 0 aromatic heterocycles. The Kier molecular flexibility index (Phi) is 5.89. The summed E-state index contributed by atoms with van der Waals surface area (Å²) in [5.41, 5.74) is 2.54. The van der Waals surface area contributed by atoms with Gasteiger partial charge in [0.1, 0.15) is 5.76 Å². The van der Waals surface area contributed by atoms with Gasteiger partial charge in [-0.2, -0.15) is 0 Å². The van der Waals surface area contributed by atoms with Gasteiger partial charge in [0.15, 0.2) is 0 Å².